The maximum Gasteiger partial charge on any atom is 0.238 e. The number of benzene rings is 1. The van der Waals surface area contributed by atoms with Gasteiger partial charge in [0.1, 0.15) is 0 Å². The van der Waals surface area contributed by atoms with E-state index in [2.05, 4.69) is 0 Å². The van der Waals surface area contributed by atoms with E-state index in [4.69, 9.17) is 10.9 Å². The normalized spacial score (nSPS) is 21.8. The van der Waals surface area contributed by atoms with Gasteiger partial charge in [0.2, 0.25) is 15.9 Å². The fraction of sp³-hybridized carbons (Fsp3) is 0.562. The van der Waals surface area contributed by atoms with Gasteiger partial charge in [-0.2, -0.15) is 0 Å². The van der Waals surface area contributed by atoms with E-state index in [9.17, 15) is 13.2 Å². The number of hydrogen-bond acceptors (Lipinski definition) is 4. The summed E-state index contributed by atoms with van der Waals surface area (Å²) in [5.41, 5.74) is 6.64. The summed E-state index contributed by atoms with van der Waals surface area (Å²) in [4.78, 5) is 14.5. The fourth-order valence-corrected chi connectivity index (χ4v) is 3.77. The zero-order valence-corrected chi connectivity index (χ0v) is 15.6. The fourth-order valence-electron chi connectivity index (χ4n) is 3.26. The molecule has 1 amide bonds. The number of carbonyl (C=O) groups excluding carboxylic acids is 1. The highest BCUT2D eigenvalue weighted by atomic mass is 35.5. The second-order valence-corrected chi connectivity index (χ2v) is 7.83. The smallest absolute Gasteiger partial charge is 0.238 e. The Bertz CT molecular complexity index is 664. The molecule has 0 radical (unpaired) electrons. The lowest BCUT2D eigenvalue weighted by molar-refractivity contribution is -0.137. The molecule has 1 aliphatic carbocycles. The van der Waals surface area contributed by atoms with Crippen molar-refractivity contribution in [3.05, 3.63) is 29.8 Å². The minimum Gasteiger partial charge on any atom is -0.339 e. The highest BCUT2D eigenvalue weighted by molar-refractivity contribution is 7.89. The largest absolute Gasteiger partial charge is 0.339 e. The third kappa shape index (κ3) is 4.47. The van der Waals surface area contributed by atoms with E-state index in [0.717, 1.165) is 24.8 Å². The van der Waals surface area contributed by atoms with Crippen LogP contribution in [0.1, 0.15) is 37.8 Å². The Morgan fingerprint density at radius 1 is 1.29 bits per heavy atom. The van der Waals surface area contributed by atoms with Gasteiger partial charge in [-0.1, -0.05) is 18.6 Å². The summed E-state index contributed by atoms with van der Waals surface area (Å²) in [6, 6.07) is 6.19. The Labute approximate surface area is 150 Å². The molecule has 1 fully saturated rings. The lowest BCUT2D eigenvalue weighted by atomic mass is 9.94. The molecule has 2 rings (SSSR count). The molecule has 24 heavy (non-hydrogen) atoms. The van der Waals surface area contributed by atoms with Gasteiger partial charge in [0.05, 0.1) is 10.9 Å². The van der Waals surface area contributed by atoms with Crippen molar-refractivity contribution in [2.24, 2.45) is 22.7 Å². The molecular formula is C16H26ClN3O3S. The van der Waals surface area contributed by atoms with Crippen molar-refractivity contribution in [1.29, 1.82) is 0 Å². The monoisotopic (exact) mass is 375 g/mol. The first-order chi connectivity index (χ1) is 10.8. The number of sulfonamides is 1. The second kappa shape index (κ2) is 8.29. The summed E-state index contributed by atoms with van der Waals surface area (Å²) < 4.78 is 22.6. The van der Waals surface area contributed by atoms with Crippen molar-refractivity contribution >= 4 is 28.3 Å². The Kier molecular flexibility index (Phi) is 7.22. The molecule has 0 aliphatic heterocycles. The van der Waals surface area contributed by atoms with Crippen LogP contribution < -0.4 is 10.9 Å². The highest BCUT2D eigenvalue weighted by Gasteiger charge is 2.35. The van der Waals surface area contributed by atoms with Gasteiger partial charge >= 0.3 is 0 Å². The summed E-state index contributed by atoms with van der Waals surface area (Å²) in [6.07, 6.45) is 2.95. The van der Waals surface area contributed by atoms with Crippen molar-refractivity contribution in [2.75, 3.05) is 13.6 Å². The zero-order chi connectivity index (χ0) is 17.2. The molecule has 0 spiro atoms. The Balaban J connectivity index is 0.00000288. The number of hydrogen-bond donors (Lipinski definition) is 2. The van der Waals surface area contributed by atoms with Gasteiger partial charge in [-0.05, 0) is 49.9 Å². The second-order valence-electron chi connectivity index (χ2n) is 6.27. The molecule has 0 heterocycles. The Morgan fingerprint density at radius 2 is 1.88 bits per heavy atom. The Hall–Kier alpha value is -1.15. The van der Waals surface area contributed by atoms with E-state index in [1.165, 1.54) is 12.1 Å². The molecule has 1 aromatic carbocycles. The molecule has 0 saturated heterocycles. The minimum absolute atomic E-state index is 0. The topological polar surface area (TPSA) is 106 Å². The maximum absolute atomic E-state index is 12.7. The van der Waals surface area contributed by atoms with Gasteiger partial charge < -0.3 is 10.6 Å². The van der Waals surface area contributed by atoms with Crippen LogP contribution in [0.15, 0.2) is 29.2 Å². The standard InChI is InChI=1S/C16H25N3O3S.ClH/c1-11(12-6-8-14(9-7-12)23(18,21)22)19(2)16(20)15-5-3-4-13(15)10-17;/h6-9,11,13,15H,3-5,10,17H2,1-2H3,(H2,18,21,22);1H/t11?,13-,15-;/m1./s1. The van der Waals surface area contributed by atoms with Gasteiger partial charge in [-0.15, -0.1) is 12.4 Å². The number of nitrogens with two attached hydrogens (primary N) is 2. The molecule has 8 heteroatoms. The van der Waals surface area contributed by atoms with Crippen LogP contribution in [-0.2, 0) is 14.8 Å². The summed E-state index contributed by atoms with van der Waals surface area (Å²) in [6.45, 7) is 2.47. The van der Waals surface area contributed by atoms with E-state index < -0.39 is 10.0 Å². The van der Waals surface area contributed by atoms with Gasteiger partial charge in [0.25, 0.3) is 0 Å². The average Bonchev–Trinajstić information content (AvgIpc) is 3.00. The molecule has 1 aromatic rings. The molecule has 1 aliphatic rings. The summed E-state index contributed by atoms with van der Waals surface area (Å²) in [5, 5.41) is 5.10. The van der Waals surface area contributed by atoms with Crippen molar-refractivity contribution in [1.82, 2.24) is 4.90 Å². The summed E-state index contributed by atoms with van der Waals surface area (Å²) in [5.74, 6) is 0.374. The lowest BCUT2D eigenvalue weighted by Crippen LogP contribution is -2.38. The first kappa shape index (κ1) is 20.9. The van der Waals surface area contributed by atoms with Crippen LogP contribution in [0.4, 0.5) is 0 Å². The maximum atomic E-state index is 12.7. The molecule has 3 atom stereocenters. The minimum atomic E-state index is -3.70. The van der Waals surface area contributed by atoms with Crippen LogP contribution in [-0.4, -0.2) is 32.8 Å². The van der Waals surface area contributed by atoms with E-state index in [-0.39, 0.29) is 41.1 Å². The predicted molar refractivity (Wildman–Crippen MR) is 96.1 cm³/mol. The van der Waals surface area contributed by atoms with E-state index in [1.807, 2.05) is 6.92 Å². The van der Waals surface area contributed by atoms with Crippen LogP contribution in [0.5, 0.6) is 0 Å². The third-order valence-corrected chi connectivity index (χ3v) is 5.83. The molecule has 136 valence electrons. The lowest BCUT2D eigenvalue weighted by Gasteiger charge is -2.30. The van der Waals surface area contributed by atoms with Crippen LogP contribution in [0.25, 0.3) is 0 Å². The summed E-state index contributed by atoms with van der Waals surface area (Å²) >= 11 is 0. The number of primary sulfonamides is 1. The number of amides is 1. The van der Waals surface area contributed by atoms with Crippen LogP contribution >= 0.6 is 12.4 Å². The number of carbonyl (C=O) groups is 1. The van der Waals surface area contributed by atoms with Crippen LogP contribution in [0, 0.1) is 11.8 Å². The predicted octanol–water partition coefficient (Wildman–Crippen LogP) is 1.65. The first-order valence-electron chi connectivity index (χ1n) is 7.85. The van der Waals surface area contributed by atoms with Crippen molar-refractivity contribution in [2.45, 2.75) is 37.1 Å². The van der Waals surface area contributed by atoms with Gasteiger partial charge in [0, 0.05) is 13.0 Å². The SMILES string of the molecule is CC(c1ccc(S(N)(=O)=O)cc1)N(C)C(=O)[C@@H]1CCC[C@@H]1CN.Cl. The molecular weight excluding hydrogens is 350 g/mol. The molecule has 6 nitrogen and oxygen atoms in total. The quantitative estimate of drug-likeness (QED) is 0.815. The highest BCUT2D eigenvalue weighted by Crippen LogP contribution is 2.34. The molecule has 1 saturated carbocycles. The zero-order valence-electron chi connectivity index (χ0n) is 14.0. The number of rotatable bonds is 5. The molecule has 0 bridgehead atoms. The van der Waals surface area contributed by atoms with Crippen molar-refractivity contribution in [3.63, 3.8) is 0 Å². The third-order valence-electron chi connectivity index (χ3n) is 4.90. The molecule has 0 aromatic heterocycles. The van der Waals surface area contributed by atoms with Crippen molar-refractivity contribution in [3.8, 4) is 0 Å². The average molecular weight is 376 g/mol. The molecule has 4 N–H and O–H groups in total. The van der Waals surface area contributed by atoms with Crippen LogP contribution in [0.3, 0.4) is 0 Å². The first-order valence-corrected chi connectivity index (χ1v) is 9.40. The van der Waals surface area contributed by atoms with Crippen LogP contribution in [0.2, 0.25) is 0 Å². The van der Waals surface area contributed by atoms with Gasteiger partial charge in [0.15, 0.2) is 0 Å². The summed E-state index contributed by atoms with van der Waals surface area (Å²) in [7, 11) is -1.92. The van der Waals surface area contributed by atoms with Gasteiger partial charge in [-0.3, -0.25) is 4.79 Å². The number of halogens is 1. The van der Waals surface area contributed by atoms with E-state index in [1.54, 1.807) is 24.1 Å². The number of nitrogens with zero attached hydrogens (tertiary/aromatic N) is 1. The van der Waals surface area contributed by atoms with E-state index >= 15 is 0 Å². The van der Waals surface area contributed by atoms with Crippen molar-refractivity contribution < 1.29 is 13.2 Å². The molecule has 1 unspecified atom stereocenters. The Morgan fingerprint density at radius 3 is 2.38 bits per heavy atom. The van der Waals surface area contributed by atoms with Gasteiger partial charge in [-0.25, -0.2) is 13.6 Å². The van der Waals surface area contributed by atoms with E-state index in [0.29, 0.717) is 6.54 Å².